The Bertz CT molecular complexity index is 574. The predicted octanol–water partition coefficient (Wildman–Crippen LogP) is 2.33. The molecule has 0 aliphatic carbocycles. The lowest BCUT2D eigenvalue weighted by Gasteiger charge is -2.17. The molecule has 0 unspecified atom stereocenters. The van der Waals surface area contributed by atoms with E-state index in [0.717, 1.165) is 5.56 Å². The molecule has 6 nitrogen and oxygen atoms in total. The van der Waals surface area contributed by atoms with Crippen molar-refractivity contribution in [2.45, 2.75) is 46.6 Å². The highest BCUT2D eigenvalue weighted by molar-refractivity contribution is 5.94. The van der Waals surface area contributed by atoms with Crippen LogP contribution in [0.5, 0.6) is 0 Å². The maximum absolute atomic E-state index is 12.0. The van der Waals surface area contributed by atoms with Crippen LogP contribution in [0.15, 0.2) is 24.3 Å². The van der Waals surface area contributed by atoms with Crippen LogP contribution in [0.25, 0.3) is 0 Å². The maximum Gasteiger partial charge on any atom is 0.303 e. The molecule has 0 aliphatic heterocycles. The molecule has 0 saturated heterocycles. The normalized spacial score (nSPS) is 11.0. The second-order valence-electron chi connectivity index (χ2n) is 6.74. The van der Waals surface area contributed by atoms with Crippen LogP contribution in [0.2, 0.25) is 0 Å². The fourth-order valence-corrected chi connectivity index (χ4v) is 1.93. The van der Waals surface area contributed by atoms with Gasteiger partial charge >= 0.3 is 5.97 Å². The van der Waals surface area contributed by atoms with Crippen LogP contribution in [0.3, 0.4) is 0 Å². The molecule has 2 amide bonds. The van der Waals surface area contributed by atoms with Gasteiger partial charge in [-0.1, -0.05) is 32.9 Å². The number of rotatable bonds is 8. The lowest BCUT2D eigenvalue weighted by molar-refractivity contribution is -0.137. The number of unbranched alkanes of at least 4 members (excludes halogenated alkanes) is 1. The number of hydrogen-bond acceptors (Lipinski definition) is 3. The lowest BCUT2D eigenvalue weighted by Crippen LogP contribution is -2.34. The van der Waals surface area contributed by atoms with Gasteiger partial charge in [0.15, 0.2) is 0 Å². The predicted molar refractivity (Wildman–Crippen MR) is 91.6 cm³/mol. The van der Waals surface area contributed by atoms with E-state index in [1.54, 1.807) is 12.1 Å². The molecular weight excluding hydrogens is 308 g/mol. The summed E-state index contributed by atoms with van der Waals surface area (Å²) in [5.41, 5.74) is 1.03. The van der Waals surface area contributed by atoms with Crippen LogP contribution in [-0.2, 0) is 16.1 Å². The average Bonchev–Trinajstić information content (AvgIpc) is 2.51. The molecule has 1 aromatic rings. The van der Waals surface area contributed by atoms with Gasteiger partial charge in [-0.3, -0.25) is 14.4 Å². The minimum absolute atomic E-state index is 0.0225. The molecule has 0 radical (unpaired) electrons. The van der Waals surface area contributed by atoms with E-state index in [2.05, 4.69) is 10.6 Å². The van der Waals surface area contributed by atoms with Gasteiger partial charge in [0.2, 0.25) is 5.91 Å². The molecule has 6 heteroatoms. The summed E-state index contributed by atoms with van der Waals surface area (Å²) >= 11 is 0. The summed E-state index contributed by atoms with van der Waals surface area (Å²) in [6.45, 7) is 6.44. The first-order chi connectivity index (χ1) is 11.2. The monoisotopic (exact) mass is 334 g/mol. The smallest absolute Gasteiger partial charge is 0.303 e. The average molecular weight is 334 g/mol. The number of carbonyl (C=O) groups is 3. The third-order valence-electron chi connectivity index (χ3n) is 3.45. The van der Waals surface area contributed by atoms with Crippen LogP contribution in [0.1, 0.15) is 56.0 Å². The zero-order valence-corrected chi connectivity index (χ0v) is 14.5. The summed E-state index contributed by atoms with van der Waals surface area (Å²) in [5, 5.41) is 14.2. The number of nitrogens with one attached hydrogen (secondary N) is 2. The zero-order chi connectivity index (χ0) is 18.2. The summed E-state index contributed by atoms with van der Waals surface area (Å²) < 4.78 is 0. The van der Waals surface area contributed by atoms with E-state index in [-0.39, 0.29) is 18.2 Å². The van der Waals surface area contributed by atoms with E-state index in [1.165, 1.54) is 0 Å². The van der Waals surface area contributed by atoms with Gasteiger partial charge in [0.25, 0.3) is 5.91 Å². The van der Waals surface area contributed by atoms with E-state index < -0.39 is 11.4 Å². The van der Waals surface area contributed by atoms with Crippen molar-refractivity contribution >= 4 is 17.8 Å². The Morgan fingerprint density at radius 3 is 2.17 bits per heavy atom. The van der Waals surface area contributed by atoms with Crippen LogP contribution in [-0.4, -0.2) is 29.4 Å². The molecular formula is C18H26N2O4. The van der Waals surface area contributed by atoms with Crippen LogP contribution in [0, 0.1) is 5.41 Å². The van der Waals surface area contributed by atoms with Gasteiger partial charge in [-0.15, -0.1) is 0 Å². The van der Waals surface area contributed by atoms with Gasteiger partial charge < -0.3 is 15.7 Å². The summed E-state index contributed by atoms with van der Waals surface area (Å²) in [6, 6.07) is 7.04. The third-order valence-corrected chi connectivity index (χ3v) is 3.45. The van der Waals surface area contributed by atoms with Gasteiger partial charge in [0, 0.05) is 30.5 Å². The standard InChI is InChI=1S/C18H26N2O4/c1-18(2,3)17(24)20-12-13-7-9-14(10-8-13)16(23)19-11-5-4-6-15(21)22/h7-10H,4-6,11-12H2,1-3H3,(H,19,23)(H,20,24)(H,21,22). The van der Waals surface area contributed by atoms with Crippen molar-refractivity contribution < 1.29 is 19.5 Å². The first kappa shape index (κ1) is 19.7. The molecule has 0 atom stereocenters. The van der Waals surface area contributed by atoms with Gasteiger partial charge in [-0.2, -0.15) is 0 Å². The summed E-state index contributed by atoms with van der Waals surface area (Å²) in [5.74, 6) is -1.03. The van der Waals surface area contributed by atoms with Crippen LogP contribution >= 0.6 is 0 Å². The van der Waals surface area contributed by atoms with Crippen LogP contribution in [0.4, 0.5) is 0 Å². The number of hydrogen-bond donors (Lipinski definition) is 3. The molecule has 0 spiro atoms. The molecule has 0 aromatic heterocycles. The Morgan fingerprint density at radius 2 is 1.62 bits per heavy atom. The molecule has 132 valence electrons. The van der Waals surface area contributed by atoms with Gasteiger partial charge in [0.05, 0.1) is 0 Å². The minimum Gasteiger partial charge on any atom is -0.481 e. The highest BCUT2D eigenvalue weighted by atomic mass is 16.4. The fourth-order valence-electron chi connectivity index (χ4n) is 1.93. The molecule has 0 saturated carbocycles. The molecule has 3 N–H and O–H groups in total. The van der Waals surface area contributed by atoms with Crippen molar-refractivity contribution in [3.05, 3.63) is 35.4 Å². The van der Waals surface area contributed by atoms with Crippen molar-refractivity contribution in [3.63, 3.8) is 0 Å². The summed E-state index contributed by atoms with van der Waals surface area (Å²) in [6.07, 6.45) is 1.29. The minimum atomic E-state index is -0.824. The first-order valence-corrected chi connectivity index (χ1v) is 8.07. The molecule has 0 heterocycles. The van der Waals surface area contributed by atoms with Crippen molar-refractivity contribution in [2.24, 2.45) is 5.41 Å². The molecule has 0 bridgehead atoms. The largest absolute Gasteiger partial charge is 0.481 e. The fraction of sp³-hybridized carbons (Fsp3) is 0.500. The highest BCUT2D eigenvalue weighted by Gasteiger charge is 2.20. The van der Waals surface area contributed by atoms with Crippen molar-refractivity contribution in [3.8, 4) is 0 Å². The topological polar surface area (TPSA) is 95.5 Å². The Labute approximate surface area is 142 Å². The number of carboxylic acids is 1. The van der Waals surface area contributed by atoms with Crippen molar-refractivity contribution in [1.29, 1.82) is 0 Å². The third kappa shape index (κ3) is 7.26. The number of benzene rings is 1. The van der Waals surface area contributed by atoms with Gasteiger partial charge in [-0.25, -0.2) is 0 Å². The Hall–Kier alpha value is -2.37. The quantitative estimate of drug-likeness (QED) is 0.636. The molecule has 24 heavy (non-hydrogen) atoms. The van der Waals surface area contributed by atoms with E-state index in [0.29, 0.717) is 31.5 Å². The van der Waals surface area contributed by atoms with Crippen molar-refractivity contribution in [2.75, 3.05) is 6.54 Å². The summed E-state index contributed by atoms with van der Waals surface area (Å²) in [4.78, 5) is 34.2. The highest BCUT2D eigenvalue weighted by Crippen LogP contribution is 2.13. The number of amides is 2. The maximum atomic E-state index is 12.0. The second-order valence-corrected chi connectivity index (χ2v) is 6.74. The SMILES string of the molecule is CC(C)(C)C(=O)NCc1ccc(C(=O)NCCCCC(=O)O)cc1. The first-order valence-electron chi connectivity index (χ1n) is 8.07. The van der Waals surface area contributed by atoms with Crippen molar-refractivity contribution in [1.82, 2.24) is 10.6 Å². The number of carbonyl (C=O) groups excluding carboxylic acids is 2. The van der Waals surface area contributed by atoms with E-state index >= 15 is 0 Å². The van der Waals surface area contributed by atoms with E-state index in [9.17, 15) is 14.4 Å². The Balaban J connectivity index is 2.39. The van der Waals surface area contributed by atoms with Gasteiger partial charge in [-0.05, 0) is 30.5 Å². The molecule has 1 rings (SSSR count). The second kappa shape index (κ2) is 9.05. The molecule has 0 aliphatic rings. The summed E-state index contributed by atoms with van der Waals surface area (Å²) in [7, 11) is 0. The number of aliphatic carboxylic acids is 1. The Kier molecular flexibility index (Phi) is 7.42. The molecule has 0 fully saturated rings. The molecule has 1 aromatic carbocycles. The number of carboxylic acid groups (broad SMARTS) is 1. The Morgan fingerprint density at radius 1 is 1.00 bits per heavy atom. The zero-order valence-electron chi connectivity index (χ0n) is 14.5. The lowest BCUT2D eigenvalue weighted by atomic mass is 9.95. The van der Waals surface area contributed by atoms with E-state index in [4.69, 9.17) is 5.11 Å². The van der Waals surface area contributed by atoms with E-state index in [1.807, 2.05) is 32.9 Å². The van der Waals surface area contributed by atoms with Gasteiger partial charge in [0.1, 0.15) is 0 Å². The van der Waals surface area contributed by atoms with Crippen LogP contribution < -0.4 is 10.6 Å².